The maximum Gasteiger partial charge on any atom is 0.255 e. The maximum atomic E-state index is 14.1. The molecule has 2 aromatic carbocycles. The van der Waals surface area contributed by atoms with Gasteiger partial charge in [-0.3, -0.25) is 4.79 Å². The van der Waals surface area contributed by atoms with Crippen molar-refractivity contribution in [2.45, 2.75) is 0 Å². The van der Waals surface area contributed by atoms with Crippen molar-refractivity contribution in [1.29, 1.82) is 5.26 Å². The van der Waals surface area contributed by atoms with Crippen LogP contribution in [0.1, 0.15) is 15.9 Å². The van der Waals surface area contributed by atoms with Crippen LogP contribution in [-0.2, 0) is 0 Å². The van der Waals surface area contributed by atoms with Gasteiger partial charge in [0.2, 0.25) is 0 Å². The molecule has 0 N–H and O–H groups in total. The van der Waals surface area contributed by atoms with Gasteiger partial charge in [-0.05, 0) is 30.3 Å². The number of hydrogen-bond acceptors (Lipinski definition) is 3. The van der Waals surface area contributed by atoms with E-state index in [9.17, 15) is 9.18 Å². The van der Waals surface area contributed by atoms with Gasteiger partial charge in [-0.1, -0.05) is 29.3 Å². The Kier molecular flexibility index (Phi) is 5.12. The Bertz CT molecular complexity index is 858. The summed E-state index contributed by atoms with van der Waals surface area (Å²) < 4.78 is 14.1. The average molecular weight is 378 g/mol. The molecule has 2 aromatic rings. The molecule has 0 aromatic heterocycles. The molecule has 128 valence electrons. The highest BCUT2D eigenvalue weighted by Crippen LogP contribution is 2.27. The standard InChI is InChI=1S/C18H14Cl2FN3O/c19-14-3-1-2-13(17(14)20)18(25)24-8-6-23(7-9-24)16-5-4-12(11-22)10-15(16)21/h1-5,10H,6-9H2. The Hall–Kier alpha value is -2.29. The molecule has 25 heavy (non-hydrogen) atoms. The van der Waals surface area contributed by atoms with Crippen LogP contribution in [0.25, 0.3) is 0 Å². The second-order valence-electron chi connectivity index (χ2n) is 5.66. The number of amides is 1. The zero-order valence-corrected chi connectivity index (χ0v) is 14.7. The number of rotatable bonds is 2. The van der Waals surface area contributed by atoms with E-state index in [1.54, 1.807) is 35.2 Å². The summed E-state index contributed by atoms with van der Waals surface area (Å²) >= 11 is 12.1. The van der Waals surface area contributed by atoms with Gasteiger partial charge in [0.25, 0.3) is 5.91 Å². The SMILES string of the molecule is N#Cc1ccc(N2CCN(C(=O)c3cccc(Cl)c3Cl)CC2)c(F)c1. The molecule has 0 atom stereocenters. The lowest BCUT2D eigenvalue weighted by Gasteiger charge is -2.36. The van der Waals surface area contributed by atoms with Crippen LogP contribution in [0, 0.1) is 17.1 Å². The highest BCUT2D eigenvalue weighted by molar-refractivity contribution is 6.43. The Morgan fingerprint density at radius 3 is 2.48 bits per heavy atom. The first-order valence-corrected chi connectivity index (χ1v) is 8.44. The molecule has 1 saturated heterocycles. The number of hydrogen-bond donors (Lipinski definition) is 0. The summed E-state index contributed by atoms with van der Waals surface area (Å²) in [5.74, 6) is -0.621. The minimum absolute atomic E-state index is 0.188. The third-order valence-corrected chi connectivity index (χ3v) is 4.99. The molecule has 7 heteroatoms. The molecule has 0 radical (unpaired) electrons. The molecular formula is C18H14Cl2FN3O. The predicted octanol–water partition coefficient (Wildman–Crippen LogP) is 3.97. The fraction of sp³-hybridized carbons (Fsp3) is 0.222. The highest BCUT2D eigenvalue weighted by Gasteiger charge is 2.25. The van der Waals surface area contributed by atoms with E-state index >= 15 is 0 Å². The zero-order valence-electron chi connectivity index (χ0n) is 13.2. The zero-order chi connectivity index (χ0) is 18.0. The van der Waals surface area contributed by atoms with E-state index < -0.39 is 5.82 Å². The fourth-order valence-corrected chi connectivity index (χ4v) is 3.20. The van der Waals surface area contributed by atoms with Crippen molar-refractivity contribution in [1.82, 2.24) is 4.90 Å². The highest BCUT2D eigenvalue weighted by atomic mass is 35.5. The smallest absolute Gasteiger partial charge is 0.255 e. The number of halogens is 3. The molecule has 1 fully saturated rings. The van der Waals surface area contributed by atoms with Crippen molar-refractivity contribution < 1.29 is 9.18 Å². The first kappa shape index (κ1) is 17.5. The van der Waals surface area contributed by atoms with Crippen LogP contribution in [0.5, 0.6) is 0 Å². The van der Waals surface area contributed by atoms with Gasteiger partial charge in [0.15, 0.2) is 0 Å². The van der Waals surface area contributed by atoms with Gasteiger partial charge in [-0.25, -0.2) is 4.39 Å². The summed E-state index contributed by atoms with van der Waals surface area (Å²) in [7, 11) is 0. The van der Waals surface area contributed by atoms with Gasteiger partial charge in [0, 0.05) is 26.2 Å². The van der Waals surface area contributed by atoms with E-state index in [1.165, 1.54) is 6.07 Å². The number of nitriles is 1. The summed E-state index contributed by atoms with van der Waals surface area (Å²) in [5, 5.41) is 9.40. The molecule has 1 heterocycles. The molecule has 4 nitrogen and oxygen atoms in total. The fourth-order valence-electron chi connectivity index (χ4n) is 2.82. The van der Waals surface area contributed by atoms with Gasteiger partial charge in [-0.2, -0.15) is 5.26 Å². The molecule has 1 aliphatic heterocycles. The summed E-state index contributed by atoms with van der Waals surface area (Å²) in [6.07, 6.45) is 0. The van der Waals surface area contributed by atoms with Crippen LogP contribution in [0.2, 0.25) is 10.0 Å². The number of nitrogens with zero attached hydrogens (tertiary/aromatic N) is 3. The maximum absolute atomic E-state index is 14.1. The van der Waals surface area contributed by atoms with E-state index in [-0.39, 0.29) is 16.5 Å². The minimum atomic E-state index is -0.434. The normalized spacial score (nSPS) is 14.3. The van der Waals surface area contributed by atoms with E-state index in [4.69, 9.17) is 28.5 Å². The van der Waals surface area contributed by atoms with Gasteiger partial charge in [-0.15, -0.1) is 0 Å². The molecule has 0 aliphatic carbocycles. The third kappa shape index (κ3) is 3.55. The molecule has 1 amide bonds. The second kappa shape index (κ2) is 7.30. The van der Waals surface area contributed by atoms with E-state index in [0.717, 1.165) is 0 Å². The van der Waals surface area contributed by atoms with Crippen LogP contribution >= 0.6 is 23.2 Å². The van der Waals surface area contributed by atoms with Crippen molar-refractivity contribution in [3.63, 3.8) is 0 Å². The van der Waals surface area contributed by atoms with Gasteiger partial charge < -0.3 is 9.80 Å². The molecule has 0 bridgehead atoms. The van der Waals surface area contributed by atoms with Gasteiger partial charge in [0.05, 0.1) is 32.9 Å². The Labute approximate surface area is 155 Å². The number of carbonyl (C=O) groups is 1. The average Bonchev–Trinajstić information content (AvgIpc) is 2.63. The van der Waals surface area contributed by atoms with Crippen molar-refractivity contribution >= 4 is 34.8 Å². The lowest BCUT2D eigenvalue weighted by atomic mass is 10.1. The summed E-state index contributed by atoms with van der Waals surface area (Å²) in [6.45, 7) is 1.88. The molecule has 0 saturated carbocycles. The van der Waals surface area contributed by atoms with Crippen LogP contribution < -0.4 is 4.90 Å². The topological polar surface area (TPSA) is 47.3 Å². The first-order chi connectivity index (χ1) is 12.0. The number of benzene rings is 2. The first-order valence-electron chi connectivity index (χ1n) is 7.69. The summed E-state index contributed by atoms with van der Waals surface area (Å²) in [5.41, 5.74) is 1.09. The Morgan fingerprint density at radius 2 is 1.84 bits per heavy atom. The lowest BCUT2D eigenvalue weighted by molar-refractivity contribution is 0.0747. The van der Waals surface area contributed by atoms with Crippen molar-refractivity contribution in [2.24, 2.45) is 0 Å². The quantitative estimate of drug-likeness (QED) is 0.795. The van der Waals surface area contributed by atoms with E-state index in [0.29, 0.717) is 42.5 Å². The van der Waals surface area contributed by atoms with E-state index in [1.807, 2.05) is 11.0 Å². The van der Waals surface area contributed by atoms with Crippen LogP contribution in [0.3, 0.4) is 0 Å². The molecule has 0 unspecified atom stereocenters. The largest absolute Gasteiger partial charge is 0.366 e. The van der Waals surface area contributed by atoms with Crippen molar-refractivity contribution in [3.05, 3.63) is 63.4 Å². The summed E-state index contributed by atoms with van der Waals surface area (Å²) in [6, 6.07) is 11.3. The van der Waals surface area contributed by atoms with Gasteiger partial charge >= 0.3 is 0 Å². The number of anilines is 1. The van der Waals surface area contributed by atoms with Gasteiger partial charge in [0.1, 0.15) is 5.82 Å². The minimum Gasteiger partial charge on any atom is -0.366 e. The molecule has 3 rings (SSSR count). The molecule has 1 aliphatic rings. The van der Waals surface area contributed by atoms with E-state index in [2.05, 4.69) is 0 Å². The van der Waals surface area contributed by atoms with Crippen molar-refractivity contribution in [2.75, 3.05) is 31.1 Å². The van der Waals surface area contributed by atoms with Crippen LogP contribution in [0.15, 0.2) is 36.4 Å². The van der Waals surface area contributed by atoms with Crippen LogP contribution in [-0.4, -0.2) is 37.0 Å². The molecule has 0 spiro atoms. The third-order valence-electron chi connectivity index (χ3n) is 4.17. The van der Waals surface area contributed by atoms with Crippen LogP contribution in [0.4, 0.5) is 10.1 Å². The molecular weight excluding hydrogens is 364 g/mol. The predicted molar refractivity (Wildman–Crippen MR) is 95.7 cm³/mol. The number of piperazine rings is 1. The Morgan fingerprint density at radius 1 is 1.12 bits per heavy atom. The monoisotopic (exact) mass is 377 g/mol. The Balaban J connectivity index is 1.71. The second-order valence-corrected chi connectivity index (χ2v) is 6.44. The lowest BCUT2D eigenvalue weighted by Crippen LogP contribution is -2.49. The summed E-state index contributed by atoms with van der Waals surface area (Å²) in [4.78, 5) is 16.2. The van der Waals surface area contributed by atoms with Crippen molar-refractivity contribution in [3.8, 4) is 6.07 Å². The number of carbonyl (C=O) groups excluding carboxylic acids is 1.